The second kappa shape index (κ2) is 22.5. The third-order valence-corrected chi connectivity index (χ3v) is 1.19. The fourth-order valence-corrected chi connectivity index (χ4v) is 0.183. The SMILES string of the molecule is CC(=O)N(C)C.COC.COC(C)=O.CON=C(C)C. The fraction of sp³-hybridized carbons (Fsp3) is 0.769. The van der Waals surface area contributed by atoms with Crippen LogP contribution in [-0.4, -0.2) is 65.0 Å². The van der Waals surface area contributed by atoms with E-state index in [2.05, 4.69) is 19.5 Å². The molecule has 0 saturated heterocycles. The molecule has 7 heteroatoms. The average Bonchev–Trinajstić information content (AvgIpc) is 2.31. The molecule has 20 heavy (non-hydrogen) atoms. The molecule has 0 radical (unpaired) electrons. The Kier molecular flexibility index (Phi) is 30.3. The summed E-state index contributed by atoms with van der Waals surface area (Å²) in [5, 5.41) is 3.54. The van der Waals surface area contributed by atoms with Gasteiger partial charge in [-0.25, -0.2) is 0 Å². The van der Waals surface area contributed by atoms with Crippen molar-refractivity contribution in [2.45, 2.75) is 27.7 Å². The monoisotopic (exact) mass is 294 g/mol. The number of rotatable bonds is 1. The van der Waals surface area contributed by atoms with Gasteiger partial charge in [-0.1, -0.05) is 5.16 Å². The largest absolute Gasteiger partial charge is 0.469 e. The van der Waals surface area contributed by atoms with E-state index in [1.54, 1.807) is 28.3 Å². The van der Waals surface area contributed by atoms with E-state index in [4.69, 9.17) is 0 Å². The average molecular weight is 294 g/mol. The maximum absolute atomic E-state index is 10.1. The molecule has 0 bridgehead atoms. The van der Waals surface area contributed by atoms with Gasteiger partial charge in [-0.05, 0) is 13.8 Å². The molecule has 0 aliphatic carbocycles. The van der Waals surface area contributed by atoms with Gasteiger partial charge in [0.1, 0.15) is 7.11 Å². The summed E-state index contributed by atoms with van der Waals surface area (Å²) in [6.07, 6.45) is 0. The van der Waals surface area contributed by atoms with E-state index in [1.807, 2.05) is 13.8 Å². The third-order valence-electron chi connectivity index (χ3n) is 1.19. The summed E-state index contributed by atoms with van der Waals surface area (Å²) in [7, 11) is 9.58. The van der Waals surface area contributed by atoms with Gasteiger partial charge in [0.25, 0.3) is 0 Å². The number of ether oxygens (including phenoxy) is 2. The molecule has 0 rings (SSSR count). The number of oxime groups is 1. The zero-order chi connectivity index (χ0) is 17.1. The number of carbonyl (C=O) groups excluding carboxylic acids is 2. The van der Waals surface area contributed by atoms with Gasteiger partial charge in [-0.2, -0.15) is 0 Å². The van der Waals surface area contributed by atoms with Crippen molar-refractivity contribution >= 4 is 17.6 Å². The fourth-order valence-electron chi connectivity index (χ4n) is 0.183. The minimum Gasteiger partial charge on any atom is -0.469 e. The zero-order valence-electron chi connectivity index (χ0n) is 14.4. The number of carbonyl (C=O) groups is 2. The summed E-state index contributed by atoms with van der Waals surface area (Å²) in [6, 6.07) is 0. The standard InChI is InChI=1S/2C4H9NO.C3H6O2.C2H6O/c1-4(6)5(2)3;1-4(2)5-6-3;1-3(4)5-2;1-3-2/h2*1-3H3;1-2H3;1-2H3. The third kappa shape index (κ3) is 71.2. The molecule has 0 aromatic heterocycles. The molecule has 7 nitrogen and oxygen atoms in total. The van der Waals surface area contributed by atoms with E-state index in [1.165, 1.54) is 33.0 Å². The molecule has 0 N–H and O–H groups in total. The highest BCUT2D eigenvalue weighted by molar-refractivity contribution is 5.78. The highest BCUT2D eigenvalue weighted by Gasteiger charge is 1.87. The molecule has 0 spiro atoms. The molecular formula is C13H30N2O5. The maximum atomic E-state index is 10.1. The molecule has 0 atom stereocenters. The van der Waals surface area contributed by atoms with Crippen molar-refractivity contribution in [3.05, 3.63) is 0 Å². The van der Waals surface area contributed by atoms with Crippen LogP contribution in [0.2, 0.25) is 0 Å². The topological polar surface area (TPSA) is 77.4 Å². The van der Waals surface area contributed by atoms with Gasteiger partial charge >= 0.3 is 5.97 Å². The van der Waals surface area contributed by atoms with Gasteiger partial charge in [-0.3, -0.25) is 9.59 Å². The number of esters is 1. The Labute approximate surface area is 122 Å². The van der Waals surface area contributed by atoms with E-state index in [9.17, 15) is 9.59 Å². The second-order valence-electron chi connectivity index (χ2n) is 3.74. The van der Waals surface area contributed by atoms with Crippen LogP contribution in [0.4, 0.5) is 0 Å². The van der Waals surface area contributed by atoms with Crippen molar-refractivity contribution in [2.75, 3.05) is 42.5 Å². The lowest BCUT2D eigenvalue weighted by atomic mass is 10.5. The summed E-state index contributed by atoms with van der Waals surface area (Å²) in [5.41, 5.74) is 0.942. The molecular weight excluding hydrogens is 264 g/mol. The summed E-state index contributed by atoms with van der Waals surface area (Å²) in [6.45, 7) is 6.65. The van der Waals surface area contributed by atoms with E-state index >= 15 is 0 Å². The number of amides is 1. The molecule has 0 aliphatic rings. The van der Waals surface area contributed by atoms with Crippen LogP contribution in [0.3, 0.4) is 0 Å². The molecule has 122 valence electrons. The Balaban J connectivity index is -0.0000000879. The molecule has 0 aromatic rings. The molecule has 0 heterocycles. The smallest absolute Gasteiger partial charge is 0.302 e. The van der Waals surface area contributed by atoms with Gasteiger partial charge < -0.3 is 19.2 Å². The normalized spacial score (nSPS) is 7.10. The van der Waals surface area contributed by atoms with E-state index in [0.717, 1.165) is 5.71 Å². The molecule has 0 unspecified atom stereocenters. The number of nitrogens with zero attached hydrogens (tertiary/aromatic N) is 2. The van der Waals surface area contributed by atoms with Gasteiger partial charge in [0.2, 0.25) is 5.91 Å². The predicted octanol–water partition coefficient (Wildman–Crippen LogP) is 1.57. The molecule has 0 fully saturated rings. The molecule has 0 aromatic carbocycles. The van der Waals surface area contributed by atoms with E-state index < -0.39 is 0 Å². The van der Waals surface area contributed by atoms with Gasteiger partial charge in [0.15, 0.2) is 0 Å². The lowest BCUT2D eigenvalue weighted by Crippen LogP contribution is -2.17. The van der Waals surface area contributed by atoms with Crippen LogP contribution >= 0.6 is 0 Å². The van der Waals surface area contributed by atoms with E-state index in [0.29, 0.717) is 0 Å². The first-order valence-corrected chi connectivity index (χ1v) is 5.77. The second-order valence-corrected chi connectivity index (χ2v) is 3.74. The Hall–Kier alpha value is -1.63. The zero-order valence-corrected chi connectivity index (χ0v) is 14.4. The summed E-state index contributed by atoms with van der Waals surface area (Å²) >= 11 is 0. The van der Waals surface area contributed by atoms with Crippen LogP contribution in [0.1, 0.15) is 27.7 Å². The first-order chi connectivity index (χ1) is 9.10. The predicted molar refractivity (Wildman–Crippen MR) is 80.8 cm³/mol. The molecule has 1 amide bonds. The quantitative estimate of drug-likeness (QED) is 0.417. The Morgan fingerprint density at radius 3 is 1.15 bits per heavy atom. The molecule has 0 aliphatic heterocycles. The molecule has 0 saturated carbocycles. The van der Waals surface area contributed by atoms with Gasteiger partial charge in [-0.15, -0.1) is 0 Å². The number of methoxy groups -OCH3 is 2. The lowest BCUT2D eigenvalue weighted by molar-refractivity contribution is -0.138. The number of hydrogen-bond acceptors (Lipinski definition) is 6. The van der Waals surface area contributed by atoms with Crippen LogP contribution in [0, 0.1) is 0 Å². The van der Waals surface area contributed by atoms with Crippen molar-refractivity contribution in [1.82, 2.24) is 4.90 Å². The lowest BCUT2D eigenvalue weighted by Gasteiger charge is -2.02. The summed E-state index contributed by atoms with van der Waals surface area (Å²) < 4.78 is 8.36. The Morgan fingerprint density at radius 1 is 0.900 bits per heavy atom. The Morgan fingerprint density at radius 2 is 1.15 bits per heavy atom. The Bertz CT molecular complexity index is 249. The first-order valence-electron chi connectivity index (χ1n) is 5.77. The van der Waals surface area contributed by atoms with Crippen LogP contribution in [0.25, 0.3) is 0 Å². The summed E-state index contributed by atoms with van der Waals surface area (Å²) in [5.74, 6) is -0.153. The van der Waals surface area contributed by atoms with Crippen molar-refractivity contribution in [2.24, 2.45) is 5.16 Å². The minimum atomic E-state index is -0.245. The number of hydrogen-bond donors (Lipinski definition) is 0. The first kappa shape index (κ1) is 26.8. The highest BCUT2D eigenvalue weighted by Crippen LogP contribution is 1.71. The van der Waals surface area contributed by atoms with Crippen molar-refractivity contribution in [1.29, 1.82) is 0 Å². The van der Waals surface area contributed by atoms with Crippen LogP contribution in [-0.2, 0) is 23.9 Å². The van der Waals surface area contributed by atoms with E-state index in [-0.39, 0.29) is 11.9 Å². The van der Waals surface area contributed by atoms with Crippen LogP contribution in [0.5, 0.6) is 0 Å². The minimum absolute atomic E-state index is 0.0926. The van der Waals surface area contributed by atoms with Crippen LogP contribution in [0.15, 0.2) is 5.16 Å². The highest BCUT2D eigenvalue weighted by atomic mass is 16.6. The van der Waals surface area contributed by atoms with Gasteiger partial charge in [0.05, 0.1) is 12.8 Å². The maximum Gasteiger partial charge on any atom is 0.302 e. The van der Waals surface area contributed by atoms with Crippen molar-refractivity contribution < 1.29 is 23.9 Å². The van der Waals surface area contributed by atoms with Crippen molar-refractivity contribution in [3.63, 3.8) is 0 Å². The summed E-state index contributed by atoms with van der Waals surface area (Å²) in [4.78, 5) is 25.6. The van der Waals surface area contributed by atoms with Crippen LogP contribution < -0.4 is 0 Å². The van der Waals surface area contributed by atoms with Crippen molar-refractivity contribution in [3.8, 4) is 0 Å². The van der Waals surface area contributed by atoms with Gasteiger partial charge in [0, 0.05) is 42.2 Å².